The number of aryl methyl sites for hydroxylation is 1. The fraction of sp³-hybridized carbons (Fsp3) is 0.364. The minimum atomic E-state index is -0.807. The molecular weight excluding hydrogens is 222 g/mol. The molecule has 92 valence electrons. The minimum absolute atomic E-state index is 0.0926. The standard InChI is InChI=1S/C11H15N3O3/c1-7(2)13-10(15)11(16)14-12-6-9-5-4-8(3)17-9/h4-7H,1-3H3,(H,13,15)(H,14,16)/b12-6+. The molecule has 0 aromatic carbocycles. The Bertz CT molecular complexity index is 435. The zero-order chi connectivity index (χ0) is 12.8. The van der Waals surface area contributed by atoms with Crippen LogP contribution in [0.3, 0.4) is 0 Å². The van der Waals surface area contributed by atoms with Crippen molar-refractivity contribution < 1.29 is 14.0 Å². The Morgan fingerprint density at radius 3 is 2.59 bits per heavy atom. The Labute approximate surface area is 99.1 Å². The van der Waals surface area contributed by atoms with Gasteiger partial charge in [-0.1, -0.05) is 0 Å². The largest absolute Gasteiger partial charge is 0.460 e. The van der Waals surface area contributed by atoms with Gasteiger partial charge in [-0.2, -0.15) is 5.10 Å². The van der Waals surface area contributed by atoms with Crippen molar-refractivity contribution in [2.24, 2.45) is 5.10 Å². The summed E-state index contributed by atoms with van der Waals surface area (Å²) in [6, 6.07) is 3.39. The Balaban J connectivity index is 2.42. The molecule has 2 N–H and O–H groups in total. The summed E-state index contributed by atoms with van der Waals surface area (Å²) < 4.78 is 5.19. The van der Waals surface area contributed by atoms with Crippen molar-refractivity contribution >= 4 is 18.0 Å². The molecule has 2 amide bonds. The first kappa shape index (κ1) is 13.0. The highest BCUT2D eigenvalue weighted by Gasteiger charge is 2.12. The van der Waals surface area contributed by atoms with E-state index in [0.717, 1.165) is 5.76 Å². The predicted molar refractivity (Wildman–Crippen MR) is 62.5 cm³/mol. The first-order valence-corrected chi connectivity index (χ1v) is 5.19. The zero-order valence-electron chi connectivity index (χ0n) is 9.98. The second-order valence-electron chi connectivity index (χ2n) is 3.78. The molecule has 0 fully saturated rings. The molecule has 0 unspecified atom stereocenters. The number of carbonyl (C=O) groups excluding carboxylic acids is 2. The number of nitrogens with one attached hydrogen (secondary N) is 2. The van der Waals surface area contributed by atoms with E-state index >= 15 is 0 Å². The van der Waals surface area contributed by atoms with E-state index in [1.54, 1.807) is 32.9 Å². The molecule has 6 nitrogen and oxygen atoms in total. The van der Waals surface area contributed by atoms with Gasteiger partial charge in [0, 0.05) is 6.04 Å². The van der Waals surface area contributed by atoms with Crippen molar-refractivity contribution in [1.82, 2.24) is 10.7 Å². The van der Waals surface area contributed by atoms with Crippen LogP contribution in [0.2, 0.25) is 0 Å². The lowest BCUT2D eigenvalue weighted by Crippen LogP contribution is -2.41. The molecule has 0 bridgehead atoms. The Kier molecular flexibility index (Phi) is 4.45. The van der Waals surface area contributed by atoms with Crippen molar-refractivity contribution in [3.63, 3.8) is 0 Å². The van der Waals surface area contributed by atoms with E-state index in [-0.39, 0.29) is 6.04 Å². The Morgan fingerprint density at radius 2 is 2.06 bits per heavy atom. The van der Waals surface area contributed by atoms with E-state index < -0.39 is 11.8 Å². The number of hydrogen-bond acceptors (Lipinski definition) is 4. The van der Waals surface area contributed by atoms with Crippen LogP contribution >= 0.6 is 0 Å². The maximum atomic E-state index is 11.2. The summed E-state index contributed by atoms with van der Waals surface area (Å²) in [6.45, 7) is 5.33. The number of hydrogen-bond donors (Lipinski definition) is 2. The minimum Gasteiger partial charge on any atom is -0.460 e. The van der Waals surface area contributed by atoms with Crippen molar-refractivity contribution in [1.29, 1.82) is 0 Å². The van der Waals surface area contributed by atoms with Gasteiger partial charge in [0.25, 0.3) is 0 Å². The van der Waals surface area contributed by atoms with Crippen LogP contribution in [0.5, 0.6) is 0 Å². The van der Waals surface area contributed by atoms with Crippen molar-refractivity contribution in [3.8, 4) is 0 Å². The second kappa shape index (κ2) is 5.83. The van der Waals surface area contributed by atoms with Gasteiger partial charge in [0.1, 0.15) is 11.5 Å². The summed E-state index contributed by atoms with van der Waals surface area (Å²) in [6.07, 6.45) is 1.33. The lowest BCUT2D eigenvalue weighted by molar-refractivity contribution is -0.139. The highest BCUT2D eigenvalue weighted by molar-refractivity contribution is 6.35. The summed E-state index contributed by atoms with van der Waals surface area (Å²) in [5.41, 5.74) is 2.10. The average Bonchev–Trinajstić information content (AvgIpc) is 2.63. The van der Waals surface area contributed by atoms with Crippen molar-refractivity contribution in [3.05, 3.63) is 23.7 Å². The van der Waals surface area contributed by atoms with E-state index in [1.165, 1.54) is 6.21 Å². The third-order valence-corrected chi connectivity index (χ3v) is 1.75. The summed E-state index contributed by atoms with van der Waals surface area (Å²) in [4.78, 5) is 22.4. The van der Waals surface area contributed by atoms with Crippen LogP contribution in [-0.2, 0) is 9.59 Å². The molecule has 1 rings (SSSR count). The number of carbonyl (C=O) groups is 2. The van der Waals surface area contributed by atoms with Gasteiger partial charge in [0.2, 0.25) is 0 Å². The molecule has 0 atom stereocenters. The van der Waals surface area contributed by atoms with Crippen LogP contribution in [0.15, 0.2) is 21.7 Å². The molecule has 1 aromatic rings. The van der Waals surface area contributed by atoms with Crippen LogP contribution in [0.4, 0.5) is 0 Å². The highest BCUT2D eigenvalue weighted by Crippen LogP contribution is 2.02. The molecule has 0 saturated heterocycles. The summed E-state index contributed by atoms with van der Waals surface area (Å²) >= 11 is 0. The van der Waals surface area contributed by atoms with E-state index in [2.05, 4.69) is 15.8 Å². The normalized spacial score (nSPS) is 10.8. The highest BCUT2D eigenvalue weighted by atomic mass is 16.3. The van der Waals surface area contributed by atoms with Gasteiger partial charge in [0.05, 0.1) is 6.21 Å². The zero-order valence-corrected chi connectivity index (χ0v) is 9.98. The lowest BCUT2D eigenvalue weighted by atomic mass is 10.4. The Morgan fingerprint density at radius 1 is 1.35 bits per heavy atom. The lowest BCUT2D eigenvalue weighted by Gasteiger charge is -2.05. The topological polar surface area (TPSA) is 83.7 Å². The molecule has 1 aromatic heterocycles. The van der Waals surface area contributed by atoms with E-state index in [0.29, 0.717) is 5.76 Å². The summed E-state index contributed by atoms with van der Waals surface area (Å²) in [5, 5.41) is 6.05. The third-order valence-electron chi connectivity index (χ3n) is 1.75. The predicted octanol–water partition coefficient (Wildman–Crippen LogP) is 0.563. The number of rotatable bonds is 3. The molecule has 0 saturated carbocycles. The smallest absolute Gasteiger partial charge is 0.329 e. The second-order valence-corrected chi connectivity index (χ2v) is 3.78. The van der Waals surface area contributed by atoms with Crippen LogP contribution < -0.4 is 10.7 Å². The molecule has 0 aliphatic rings. The van der Waals surface area contributed by atoms with Crippen molar-refractivity contribution in [2.45, 2.75) is 26.8 Å². The molecule has 6 heteroatoms. The van der Waals surface area contributed by atoms with Crippen molar-refractivity contribution in [2.75, 3.05) is 0 Å². The van der Waals surface area contributed by atoms with Gasteiger partial charge in [0.15, 0.2) is 0 Å². The van der Waals surface area contributed by atoms with Gasteiger partial charge in [-0.25, -0.2) is 5.43 Å². The van der Waals surface area contributed by atoms with Crippen LogP contribution in [0.1, 0.15) is 25.4 Å². The summed E-state index contributed by atoms with van der Waals surface area (Å²) in [7, 11) is 0. The molecule has 17 heavy (non-hydrogen) atoms. The van der Waals surface area contributed by atoms with Crippen LogP contribution in [0, 0.1) is 6.92 Å². The molecule has 1 heterocycles. The van der Waals surface area contributed by atoms with Crippen LogP contribution in [0.25, 0.3) is 0 Å². The van der Waals surface area contributed by atoms with Crippen LogP contribution in [-0.4, -0.2) is 24.1 Å². The molecular formula is C11H15N3O3. The first-order chi connectivity index (χ1) is 7.99. The van der Waals surface area contributed by atoms with Gasteiger partial charge < -0.3 is 9.73 Å². The van der Waals surface area contributed by atoms with E-state index in [4.69, 9.17) is 4.42 Å². The fourth-order valence-corrected chi connectivity index (χ4v) is 1.06. The van der Waals surface area contributed by atoms with Gasteiger partial charge in [-0.15, -0.1) is 0 Å². The van der Waals surface area contributed by atoms with Gasteiger partial charge in [-0.3, -0.25) is 9.59 Å². The number of hydrazone groups is 1. The quantitative estimate of drug-likeness (QED) is 0.458. The van der Waals surface area contributed by atoms with E-state index in [1.807, 2.05) is 0 Å². The Hall–Kier alpha value is -2.11. The molecule has 0 spiro atoms. The number of nitrogens with zero attached hydrogens (tertiary/aromatic N) is 1. The monoisotopic (exact) mass is 237 g/mol. The van der Waals surface area contributed by atoms with E-state index in [9.17, 15) is 9.59 Å². The molecule has 0 aliphatic heterocycles. The maximum Gasteiger partial charge on any atom is 0.329 e. The fourth-order valence-electron chi connectivity index (χ4n) is 1.06. The number of furan rings is 1. The SMILES string of the molecule is Cc1ccc(/C=N/NC(=O)C(=O)NC(C)C)o1. The number of amides is 2. The first-order valence-electron chi connectivity index (χ1n) is 5.19. The van der Waals surface area contributed by atoms with Gasteiger partial charge in [-0.05, 0) is 32.9 Å². The van der Waals surface area contributed by atoms with Gasteiger partial charge >= 0.3 is 11.8 Å². The molecule has 0 radical (unpaired) electrons. The third kappa shape index (κ3) is 4.50. The molecule has 0 aliphatic carbocycles. The maximum absolute atomic E-state index is 11.2. The summed E-state index contributed by atoms with van der Waals surface area (Å²) in [5.74, 6) is -0.270. The average molecular weight is 237 g/mol.